The first-order chi connectivity index (χ1) is 18.9. The molecule has 0 N–H and O–H groups in total. The smallest absolute Gasteiger partial charge is 0.227 e. The standard InChI is InChI=1S/C35H28N2OSi/c1-39(2,3)29-17-15-23(16-18-29)26-13-14-27-20-28(22-37-33(27)21-26)24-9-11-25(12-10-24)30-6-4-7-31-32-8-5-19-36-35(32)38-34(30)31/h4-22H,1-3H3. The Morgan fingerprint density at radius 1 is 0.590 bits per heavy atom. The fourth-order valence-corrected chi connectivity index (χ4v) is 6.49. The zero-order valence-electron chi connectivity index (χ0n) is 22.3. The van der Waals surface area contributed by atoms with Crippen molar-refractivity contribution in [3.8, 4) is 33.4 Å². The molecule has 0 radical (unpaired) electrons. The highest BCUT2D eigenvalue weighted by Gasteiger charge is 2.16. The van der Waals surface area contributed by atoms with E-state index in [0.29, 0.717) is 5.71 Å². The number of aromatic nitrogens is 2. The summed E-state index contributed by atoms with van der Waals surface area (Å²) in [6.45, 7) is 7.14. The molecule has 0 fully saturated rings. The number of para-hydroxylation sites is 1. The molecule has 0 amide bonds. The van der Waals surface area contributed by atoms with Crippen LogP contribution < -0.4 is 5.19 Å². The molecular formula is C35H28N2OSi. The molecule has 0 saturated heterocycles. The van der Waals surface area contributed by atoms with Crippen molar-refractivity contribution in [1.29, 1.82) is 0 Å². The van der Waals surface area contributed by atoms with Gasteiger partial charge in [0.1, 0.15) is 5.58 Å². The second-order valence-electron chi connectivity index (χ2n) is 11.2. The lowest BCUT2D eigenvalue weighted by molar-refractivity contribution is 0.655. The lowest BCUT2D eigenvalue weighted by Crippen LogP contribution is -2.37. The average molecular weight is 521 g/mol. The lowest BCUT2D eigenvalue weighted by atomic mass is 9.98. The van der Waals surface area contributed by atoms with E-state index in [1.54, 1.807) is 6.20 Å². The summed E-state index contributed by atoms with van der Waals surface area (Å²) in [6.07, 6.45) is 3.74. The van der Waals surface area contributed by atoms with Crippen LogP contribution in [0.4, 0.5) is 0 Å². The highest BCUT2D eigenvalue weighted by molar-refractivity contribution is 6.88. The summed E-state index contributed by atoms with van der Waals surface area (Å²) in [6, 6.07) is 36.8. The van der Waals surface area contributed by atoms with Crippen molar-refractivity contribution in [3.05, 3.63) is 116 Å². The molecule has 4 heteroatoms. The van der Waals surface area contributed by atoms with Gasteiger partial charge in [-0.1, -0.05) is 104 Å². The van der Waals surface area contributed by atoms with Crippen LogP contribution in [-0.2, 0) is 0 Å². The largest absolute Gasteiger partial charge is 0.437 e. The summed E-state index contributed by atoms with van der Waals surface area (Å²) >= 11 is 0. The molecule has 39 heavy (non-hydrogen) atoms. The number of benzene rings is 4. The Morgan fingerprint density at radius 3 is 2.08 bits per heavy atom. The van der Waals surface area contributed by atoms with Crippen molar-refractivity contribution in [2.24, 2.45) is 0 Å². The minimum absolute atomic E-state index is 0.672. The second-order valence-corrected chi connectivity index (χ2v) is 16.3. The van der Waals surface area contributed by atoms with E-state index in [1.807, 2.05) is 12.3 Å². The molecule has 0 aliphatic rings. The molecule has 0 unspecified atom stereocenters. The second kappa shape index (κ2) is 9.04. The third-order valence-electron chi connectivity index (χ3n) is 7.57. The van der Waals surface area contributed by atoms with Crippen LogP contribution in [0.3, 0.4) is 0 Å². The molecule has 0 atom stereocenters. The molecule has 3 heterocycles. The van der Waals surface area contributed by atoms with Gasteiger partial charge in [0.15, 0.2) is 0 Å². The highest BCUT2D eigenvalue weighted by Crippen LogP contribution is 2.36. The topological polar surface area (TPSA) is 38.9 Å². The Balaban J connectivity index is 1.19. The van der Waals surface area contributed by atoms with E-state index in [9.17, 15) is 0 Å². The molecule has 188 valence electrons. The van der Waals surface area contributed by atoms with Crippen LogP contribution in [0, 0.1) is 0 Å². The van der Waals surface area contributed by atoms with Gasteiger partial charge in [0.25, 0.3) is 0 Å². The summed E-state index contributed by atoms with van der Waals surface area (Å²) < 4.78 is 6.14. The van der Waals surface area contributed by atoms with Crippen LogP contribution in [-0.4, -0.2) is 18.0 Å². The molecule has 3 nitrogen and oxygen atoms in total. The number of nitrogens with zero attached hydrogens (tertiary/aromatic N) is 2. The summed E-state index contributed by atoms with van der Waals surface area (Å²) in [5.74, 6) is 0. The first-order valence-corrected chi connectivity index (χ1v) is 16.8. The van der Waals surface area contributed by atoms with E-state index in [1.165, 1.54) is 16.3 Å². The zero-order valence-corrected chi connectivity index (χ0v) is 23.3. The van der Waals surface area contributed by atoms with Gasteiger partial charge < -0.3 is 4.42 Å². The first kappa shape index (κ1) is 23.6. The van der Waals surface area contributed by atoms with Gasteiger partial charge in [0.2, 0.25) is 5.71 Å². The van der Waals surface area contributed by atoms with Crippen LogP contribution in [0.1, 0.15) is 0 Å². The van der Waals surface area contributed by atoms with Gasteiger partial charge in [-0.25, -0.2) is 4.98 Å². The fourth-order valence-electron chi connectivity index (χ4n) is 5.32. The molecule has 7 aromatic rings. The van der Waals surface area contributed by atoms with E-state index in [4.69, 9.17) is 9.40 Å². The number of hydrogen-bond acceptors (Lipinski definition) is 3. The van der Waals surface area contributed by atoms with Crippen molar-refractivity contribution >= 4 is 46.2 Å². The molecular weight excluding hydrogens is 492 g/mol. The average Bonchev–Trinajstić information content (AvgIpc) is 3.35. The van der Waals surface area contributed by atoms with Gasteiger partial charge in [-0.05, 0) is 46.5 Å². The summed E-state index contributed by atoms with van der Waals surface area (Å²) in [4.78, 5) is 9.23. The number of furan rings is 1. The van der Waals surface area contributed by atoms with E-state index >= 15 is 0 Å². The number of pyridine rings is 2. The third-order valence-corrected chi connectivity index (χ3v) is 9.64. The maximum Gasteiger partial charge on any atom is 0.227 e. The number of fused-ring (bicyclic) bond motifs is 4. The van der Waals surface area contributed by atoms with Crippen LogP contribution in [0.2, 0.25) is 19.6 Å². The molecule has 0 bridgehead atoms. The van der Waals surface area contributed by atoms with E-state index in [-0.39, 0.29) is 0 Å². The Kier molecular flexibility index (Phi) is 5.46. The molecule has 0 spiro atoms. The summed E-state index contributed by atoms with van der Waals surface area (Å²) in [5, 5.41) is 4.75. The molecule has 0 aliphatic carbocycles. The highest BCUT2D eigenvalue weighted by atomic mass is 28.3. The number of hydrogen-bond donors (Lipinski definition) is 0. The zero-order chi connectivity index (χ0) is 26.6. The van der Waals surface area contributed by atoms with Gasteiger partial charge in [-0.2, -0.15) is 0 Å². The van der Waals surface area contributed by atoms with Crippen molar-refractivity contribution in [3.63, 3.8) is 0 Å². The first-order valence-electron chi connectivity index (χ1n) is 13.3. The van der Waals surface area contributed by atoms with Crippen LogP contribution in [0.25, 0.3) is 66.4 Å². The van der Waals surface area contributed by atoms with Crippen LogP contribution >= 0.6 is 0 Å². The molecule has 0 aliphatic heterocycles. The SMILES string of the molecule is C[Si](C)(C)c1ccc(-c2ccc3cc(-c4ccc(-c5cccc6c5oc5ncccc56)cc4)cnc3c2)cc1. The van der Waals surface area contributed by atoms with Gasteiger partial charge in [0, 0.05) is 39.7 Å². The minimum Gasteiger partial charge on any atom is -0.437 e. The summed E-state index contributed by atoms with van der Waals surface area (Å²) in [5.41, 5.74) is 9.40. The Labute approximate surface area is 228 Å². The lowest BCUT2D eigenvalue weighted by Gasteiger charge is -2.16. The quantitative estimate of drug-likeness (QED) is 0.217. The van der Waals surface area contributed by atoms with Crippen molar-refractivity contribution < 1.29 is 4.42 Å². The minimum atomic E-state index is -1.30. The van der Waals surface area contributed by atoms with Crippen LogP contribution in [0.5, 0.6) is 0 Å². The summed E-state index contributed by atoms with van der Waals surface area (Å²) in [7, 11) is -1.30. The van der Waals surface area contributed by atoms with Gasteiger partial charge in [-0.3, -0.25) is 4.98 Å². The Bertz CT molecular complexity index is 1980. The van der Waals surface area contributed by atoms with E-state index < -0.39 is 8.07 Å². The third kappa shape index (κ3) is 4.23. The predicted molar refractivity (Wildman–Crippen MR) is 166 cm³/mol. The van der Waals surface area contributed by atoms with Gasteiger partial charge in [-0.15, -0.1) is 0 Å². The normalized spacial score (nSPS) is 12.0. The Hall–Kier alpha value is -4.54. The van der Waals surface area contributed by atoms with Gasteiger partial charge >= 0.3 is 0 Å². The Morgan fingerprint density at radius 2 is 1.28 bits per heavy atom. The van der Waals surface area contributed by atoms with E-state index in [2.05, 4.69) is 122 Å². The van der Waals surface area contributed by atoms with Crippen molar-refractivity contribution in [2.75, 3.05) is 0 Å². The number of rotatable bonds is 4. The van der Waals surface area contributed by atoms with Crippen molar-refractivity contribution in [2.45, 2.75) is 19.6 Å². The van der Waals surface area contributed by atoms with Crippen LogP contribution in [0.15, 0.2) is 120 Å². The monoisotopic (exact) mass is 520 g/mol. The molecule has 3 aromatic heterocycles. The van der Waals surface area contributed by atoms with Crippen molar-refractivity contribution in [1.82, 2.24) is 9.97 Å². The maximum atomic E-state index is 6.14. The predicted octanol–water partition coefficient (Wildman–Crippen LogP) is 9.08. The van der Waals surface area contributed by atoms with Gasteiger partial charge in [0.05, 0.1) is 13.6 Å². The van der Waals surface area contributed by atoms with E-state index in [0.717, 1.165) is 49.5 Å². The maximum absolute atomic E-state index is 6.14. The molecule has 0 saturated carbocycles. The fraction of sp³-hybridized carbons (Fsp3) is 0.0857. The molecule has 7 rings (SSSR count). The molecule has 4 aromatic carbocycles.